The maximum Gasteiger partial charge on any atom is 0.267 e. The van der Waals surface area contributed by atoms with E-state index in [2.05, 4.69) is 44.4 Å². The number of benzene rings is 3. The summed E-state index contributed by atoms with van der Waals surface area (Å²) < 4.78 is 19.1. The van der Waals surface area contributed by atoms with Gasteiger partial charge in [0.2, 0.25) is 0 Å². The molecule has 2 aliphatic heterocycles. The number of anilines is 1. The second-order valence-electron chi connectivity index (χ2n) is 11.0. The molecule has 6 nitrogen and oxygen atoms in total. The molecule has 0 atom stereocenters. The molecule has 1 aromatic heterocycles. The number of rotatable bonds is 8. The molecule has 208 valence electrons. The van der Waals surface area contributed by atoms with Crippen molar-refractivity contribution in [2.45, 2.75) is 51.0 Å². The zero-order chi connectivity index (χ0) is 27.3. The number of nitrogens with one attached hydrogen (secondary N) is 2. The van der Waals surface area contributed by atoms with E-state index < -0.39 is 6.67 Å². The Morgan fingerprint density at radius 2 is 1.62 bits per heavy atom. The second-order valence-corrected chi connectivity index (χ2v) is 11.0. The maximum absolute atomic E-state index is 13.0. The van der Waals surface area contributed by atoms with Gasteiger partial charge in [0.15, 0.2) is 0 Å². The Hall–Kier alpha value is -3.84. The van der Waals surface area contributed by atoms with E-state index in [4.69, 9.17) is 4.74 Å². The number of carbonyl (C=O) groups excluding carboxylic acids is 1. The highest BCUT2D eigenvalue weighted by molar-refractivity contribution is 5.98. The summed E-state index contributed by atoms with van der Waals surface area (Å²) in [5.74, 6) is 0.780. The van der Waals surface area contributed by atoms with E-state index in [-0.39, 0.29) is 18.1 Å². The molecule has 1 amide bonds. The number of aromatic amines is 1. The molecule has 0 aliphatic carbocycles. The largest absolute Gasteiger partial charge is 0.490 e. The highest BCUT2D eigenvalue weighted by atomic mass is 19.1. The number of carbonyl (C=O) groups is 1. The van der Waals surface area contributed by atoms with Crippen molar-refractivity contribution in [3.8, 4) is 5.75 Å². The third kappa shape index (κ3) is 6.31. The van der Waals surface area contributed by atoms with Crippen molar-refractivity contribution in [3.63, 3.8) is 0 Å². The first-order chi connectivity index (χ1) is 19.6. The minimum atomic E-state index is -0.428. The third-order valence-corrected chi connectivity index (χ3v) is 8.21. The van der Waals surface area contributed by atoms with Crippen LogP contribution in [0.3, 0.4) is 0 Å². The molecule has 2 aliphatic rings. The van der Waals surface area contributed by atoms with Crippen LogP contribution in [0.2, 0.25) is 0 Å². The lowest BCUT2D eigenvalue weighted by Gasteiger charge is -2.33. The van der Waals surface area contributed by atoms with Gasteiger partial charge >= 0.3 is 0 Å². The summed E-state index contributed by atoms with van der Waals surface area (Å²) in [5.41, 5.74) is 4.70. The van der Waals surface area contributed by atoms with E-state index in [1.807, 2.05) is 54.6 Å². The van der Waals surface area contributed by atoms with Crippen molar-refractivity contribution in [1.29, 1.82) is 0 Å². The summed E-state index contributed by atoms with van der Waals surface area (Å²) in [6.07, 6.45) is 3.91. The molecule has 4 aromatic rings. The summed E-state index contributed by atoms with van der Waals surface area (Å²) in [4.78, 5) is 21.1. The van der Waals surface area contributed by atoms with Crippen molar-refractivity contribution in [3.05, 3.63) is 95.7 Å². The van der Waals surface area contributed by atoms with Crippen LogP contribution in [-0.4, -0.2) is 54.1 Å². The van der Waals surface area contributed by atoms with Gasteiger partial charge in [0.1, 0.15) is 24.2 Å². The van der Waals surface area contributed by atoms with Gasteiger partial charge in [0, 0.05) is 68.2 Å². The van der Waals surface area contributed by atoms with Gasteiger partial charge < -0.3 is 19.9 Å². The molecule has 0 unspecified atom stereocenters. The number of hydrogen-bond donors (Lipinski definition) is 2. The first-order valence-corrected chi connectivity index (χ1v) is 14.4. The topological polar surface area (TPSA) is 60.6 Å². The van der Waals surface area contributed by atoms with Crippen molar-refractivity contribution in [2.24, 2.45) is 0 Å². The number of hydrogen-bond acceptors (Lipinski definition) is 4. The average Bonchev–Trinajstić information content (AvgIpc) is 3.43. The van der Waals surface area contributed by atoms with Gasteiger partial charge in [-0.15, -0.1) is 0 Å². The second kappa shape index (κ2) is 12.1. The van der Waals surface area contributed by atoms with E-state index in [1.54, 1.807) is 0 Å². The maximum atomic E-state index is 13.0. The first-order valence-electron chi connectivity index (χ1n) is 14.4. The number of halogens is 1. The number of ether oxygens (including phenoxy) is 1. The van der Waals surface area contributed by atoms with Crippen LogP contribution in [0.5, 0.6) is 5.75 Å². The minimum Gasteiger partial charge on any atom is -0.490 e. The Morgan fingerprint density at radius 1 is 0.875 bits per heavy atom. The van der Waals surface area contributed by atoms with Crippen molar-refractivity contribution < 1.29 is 13.9 Å². The molecule has 0 bridgehead atoms. The van der Waals surface area contributed by atoms with Gasteiger partial charge in [-0.2, -0.15) is 0 Å². The minimum absolute atomic E-state index is 0.0490. The Labute approximate surface area is 235 Å². The standard InChI is InChI=1S/C33H37FN4O2/c34-22-24-6-8-28(9-7-24)38-18-14-29(15-19-38)40-30-10-11-31-26(20-30)21-32(36-31)33(39)35-27-12-16-37(17-13-27)23-25-4-2-1-3-5-25/h1-11,20-21,27,29,36H,12-19,22-23H2,(H,35,39). The smallest absolute Gasteiger partial charge is 0.267 e. The predicted octanol–water partition coefficient (Wildman–Crippen LogP) is 6.08. The van der Waals surface area contributed by atoms with Gasteiger partial charge in [0.25, 0.3) is 5.91 Å². The number of H-pyrrole nitrogens is 1. The van der Waals surface area contributed by atoms with Gasteiger partial charge in [-0.05, 0) is 60.4 Å². The molecule has 3 aromatic carbocycles. The lowest BCUT2D eigenvalue weighted by atomic mass is 10.0. The van der Waals surface area contributed by atoms with Crippen LogP contribution in [0, 0.1) is 0 Å². The number of aromatic nitrogens is 1. The number of amides is 1. The van der Waals surface area contributed by atoms with Gasteiger partial charge in [-0.1, -0.05) is 42.5 Å². The highest BCUT2D eigenvalue weighted by Gasteiger charge is 2.23. The van der Waals surface area contributed by atoms with E-state index in [1.165, 1.54) is 5.56 Å². The lowest BCUT2D eigenvalue weighted by molar-refractivity contribution is 0.0904. The molecule has 2 fully saturated rings. The molecular weight excluding hydrogens is 503 g/mol. The SMILES string of the molecule is O=C(NC1CCN(Cc2ccccc2)CC1)c1cc2cc(OC3CCN(c4ccc(CF)cc4)CC3)ccc2[nH]1. The molecule has 0 radical (unpaired) electrons. The van der Waals surface area contributed by atoms with Crippen LogP contribution in [0.25, 0.3) is 10.9 Å². The summed E-state index contributed by atoms with van der Waals surface area (Å²) in [7, 11) is 0. The van der Waals surface area contributed by atoms with Crippen LogP contribution in [0.1, 0.15) is 47.3 Å². The number of alkyl halides is 1. The quantitative estimate of drug-likeness (QED) is 0.284. The molecular formula is C33H37FN4O2. The summed E-state index contributed by atoms with van der Waals surface area (Å²) >= 11 is 0. The molecule has 6 rings (SSSR count). The van der Waals surface area contributed by atoms with Gasteiger partial charge in [-0.3, -0.25) is 9.69 Å². The summed E-state index contributed by atoms with van der Waals surface area (Å²) in [6.45, 7) is 4.31. The Kier molecular flexibility index (Phi) is 8.00. The fourth-order valence-electron chi connectivity index (χ4n) is 5.87. The Balaban J connectivity index is 0.993. The van der Waals surface area contributed by atoms with Crippen LogP contribution < -0.4 is 15.0 Å². The van der Waals surface area contributed by atoms with Crippen molar-refractivity contribution >= 4 is 22.5 Å². The highest BCUT2D eigenvalue weighted by Crippen LogP contribution is 2.27. The Bertz CT molecular complexity index is 1410. The molecule has 7 heteroatoms. The molecule has 0 saturated carbocycles. The monoisotopic (exact) mass is 540 g/mol. The number of fused-ring (bicyclic) bond motifs is 1. The average molecular weight is 541 g/mol. The lowest BCUT2D eigenvalue weighted by Crippen LogP contribution is -2.44. The third-order valence-electron chi connectivity index (χ3n) is 8.21. The molecule has 2 saturated heterocycles. The van der Waals surface area contributed by atoms with Gasteiger partial charge in [0.05, 0.1) is 0 Å². The fraction of sp³-hybridized carbons (Fsp3) is 0.364. The number of piperidine rings is 2. The van der Waals surface area contributed by atoms with Crippen LogP contribution >= 0.6 is 0 Å². The molecule has 40 heavy (non-hydrogen) atoms. The van der Waals surface area contributed by atoms with E-state index in [0.717, 1.165) is 80.7 Å². The zero-order valence-corrected chi connectivity index (χ0v) is 22.8. The van der Waals surface area contributed by atoms with Gasteiger partial charge in [-0.25, -0.2) is 4.39 Å². The summed E-state index contributed by atoms with van der Waals surface area (Å²) in [5, 5.41) is 4.21. The summed E-state index contributed by atoms with van der Waals surface area (Å²) in [6, 6.07) is 26.4. The van der Waals surface area contributed by atoms with Crippen molar-refractivity contribution in [2.75, 3.05) is 31.1 Å². The van der Waals surface area contributed by atoms with Crippen molar-refractivity contribution in [1.82, 2.24) is 15.2 Å². The molecule has 3 heterocycles. The normalized spacial score (nSPS) is 17.3. The fourth-order valence-corrected chi connectivity index (χ4v) is 5.87. The zero-order valence-electron chi connectivity index (χ0n) is 22.8. The van der Waals surface area contributed by atoms with Crippen LogP contribution in [-0.2, 0) is 13.2 Å². The predicted molar refractivity (Wildman–Crippen MR) is 158 cm³/mol. The Morgan fingerprint density at radius 3 is 2.35 bits per heavy atom. The van der Waals surface area contributed by atoms with Crippen LogP contribution in [0.15, 0.2) is 78.9 Å². The van der Waals surface area contributed by atoms with E-state index in [9.17, 15) is 9.18 Å². The molecule has 0 spiro atoms. The number of likely N-dealkylation sites (tertiary alicyclic amines) is 1. The number of nitrogens with zero attached hydrogens (tertiary/aromatic N) is 2. The van der Waals surface area contributed by atoms with E-state index >= 15 is 0 Å². The van der Waals surface area contributed by atoms with E-state index in [0.29, 0.717) is 11.3 Å². The first kappa shape index (κ1) is 26.4. The molecule has 2 N–H and O–H groups in total. The van der Waals surface area contributed by atoms with Crippen LogP contribution in [0.4, 0.5) is 10.1 Å².